The summed E-state index contributed by atoms with van der Waals surface area (Å²) < 4.78 is 43.9. The maximum absolute atomic E-state index is 12.9. The maximum atomic E-state index is 12.9. The lowest BCUT2D eigenvalue weighted by molar-refractivity contribution is -0.137. The number of rotatable bonds is 3. The minimum Gasteiger partial charge on any atom is -0.379 e. The SMILES string of the molecule is CC1(NC(=O)c2ccc(NN)c(C(F)(F)F)c2)CCOC1. The lowest BCUT2D eigenvalue weighted by Crippen LogP contribution is -2.46. The number of nitrogen functional groups attached to an aromatic ring is 1. The monoisotopic (exact) mass is 303 g/mol. The lowest BCUT2D eigenvalue weighted by Gasteiger charge is -2.24. The van der Waals surface area contributed by atoms with Crippen LogP contribution in [0.3, 0.4) is 0 Å². The van der Waals surface area contributed by atoms with Gasteiger partial charge in [-0.15, -0.1) is 0 Å². The van der Waals surface area contributed by atoms with Crippen LogP contribution in [0.2, 0.25) is 0 Å². The molecule has 1 heterocycles. The van der Waals surface area contributed by atoms with Crippen molar-refractivity contribution in [1.29, 1.82) is 0 Å². The van der Waals surface area contributed by atoms with Crippen LogP contribution in [0, 0.1) is 0 Å². The van der Waals surface area contributed by atoms with E-state index in [2.05, 4.69) is 5.32 Å². The molecule has 0 saturated carbocycles. The first-order chi connectivity index (χ1) is 9.75. The lowest BCUT2D eigenvalue weighted by atomic mass is 10.0. The second-order valence-corrected chi connectivity index (χ2v) is 5.22. The van der Waals surface area contributed by atoms with Gasteiger partial charge in [-0.25, -0.2) is 0 Å². The molecule has 4 N–H and O–H groups in total. The van der Waals surface area contributed by atoms with Gasteiger partial charge in [0.1, 0.15) is 0 Å². The highest BCUT2D eigenvalue weighted by Gasteiger charge is 2.35. The van der Waals surface area contributed by atoms with Gasteiger partial charge in [-0.1, -0.05) is 0 Å². The Bertz CT molecular complexity index is 540. The maximum Gasteiger partial charge on any atom is 0.418 e. The molecule has 1 atom stereocenters. The molecule has 2 rings (SSSR count). The fourth-order valence-electron chi connectivity index (χ4n) is 2.16. The molecule has 0 aromatic heterocycles. The van der Waals surface area contributed by atoms with Gasteiger partial charge >= 0.3 is 6.18 Å². The highest BCUT2D eigenvalue weighted by Crippen LogP contribution is 2.35. The van der Waals surface area contributed by atoms with Gasteiger partial charge in [0.15, 0.2) is 0 Å². The Morgan fingerprint density at radius 1 is 1.43 bits per heavy atom. The van der Waals surface area contributed by atoms with Crippen molar-refractivity contribution in [3.63, 3.8) is 0 Å². The summed E-state index contributed by atoms with van der Waals surface area (Å²) in [5.74, 6) is 4.49. The van der Waals surface area contributed by atoms with Gasteiger partial charge < -0.3 is 15.5 Å². The third kappa shape index (κ3) is 3.45. The van der Waals surface area contributed by atoms with Crippen LogP contribution in [-0.4, -0.2) is 24.7 Å². The average Bonchev–Trinajstić information content (AvgIpc) is 2.83. The number of benzene rings is 1. The summed E-state index contributed by atoms with van der Waals surface area (Å²) in [6.07, 6.45) is -3.98. The summed E-state index contributed by atoms with van der Waals surface area (Å²) in [7, 11) is 0. The number of hydrogen-bond donors (Lipinski definition) is 3. The molecule has 0 aliphatic carbocycles. The molecule has 1 aromatic rings. The summed E-state index contributed by atoms with van der Waals surface area (Å²) in [5, 5.41) is 2.70. The van der Waals surface area contributed by atoms with Gasteiger partial charge in [0.2, 0.25) is 0 Å². The number of nitrogens with one attached hydrogen (secondary N) is 2. The normalized spacial score (nSPS) is 22.1. The number of amides is 1. The first-order valence-corrected chi connectivity index (χ1v) is 6.33. The standard InChI is InChI=1S/C13H16F3N3O2/c1-12(4-5-21-7-12)18-11(20)8-2-3-10(19-17)9(6-8)13(14,15)16/h2-3,6,19H,4-5,7,17H2,1H3,(H,18,20). The van der Waals surface area contributed by atoms with Crippen molar-refractivity contribution in [1.82, 2.24) is 5.32 Å². The van der Waals surface area contributed by atoms with Crippen molar-refractivity contribution in [2.75, 3.05) is 18.6 Å². The predicted molar refractivity (Wildman–Crippen MR) is 70.6 cm³/mol. The van der Waals surface area contributed by atoms with E-state index in [9.17, 15) is 18.0 Å². The molecule has 1 amide bonds. The zero-order valence-corrected chi connectivity index (χ0v) is 11.4. The Morgan fingerprint density at radius 3 is 2.67 bits per heavy atom. The van der Waals surface area contributed by atoms with Gasteiger partial charge in [-0.2, -0.15) is 13.2 Å². The first-order valence-electron chi connectivity index (χ1n) is 6.33. The number of hydrazine groups is 1. The highest BCUT2D eigenvalue weighted by atomic mass is 19.4. The van der Waals surface area contributed by atoms with E-state index in [0.717, 1.165) is 12.1 Å². The van der Waals surface area contributed by atoms with E-state index in [-0.39, 0.29) is 11.3 Å². The molecule has 1 aromatic carbocycles. The topological polar surface area (TPSA) is 76.4 Å². The van der Waals surface area contributed by atoms with Crippen LogP contribution in [0.4, 0.5) is 18.9 Å². The number of carbonyl (C=O) groups excluding carboxylic acids is 1. The van der Waals surface area contributed by atoms with Gasteiger partial charge in [0, 0.05) is 12.2 Å². The van der Waals surface area contributed by atoms with E-state index in [0.29, 0.717) is 19.6 Å². The van der Waals surface area contributed by atoms with E-state index in [1.165, 1.54) is 6.07 Å². The number of ether oxygens (including phenoxy) is 1. The predicted octanol–water partition coefficient (Wildman–Crippen LogP) is 1.90. The second-order valence-electron chi connectivity index (χ2n) is 5.22. The number of nitrogens with two attached hydrogens (primary N) is 1. The minimum atomic E-state index is -4.60. The third-order valence-electron chi connectivity index (χ3n) is 3.38. The van der Waals surface area contributed by atoms with Crippen molar-refractivity contribution >= 4 is 11.6 Å². The Kier molecular flexibility index (Phi) is 4.11. The van der Waals surface area contributed by atoms with E-state index in [1.807, 2.05) is 5.43 Å². The average molecular weight is 303 g/mol. The molecule has 1 saturated heterocycles. The van der Waals surface area contributed by atoms with Gasteiger partial charge in [-0.05, 0) is 31.5 Å². The Hall–Kier alpha value is -1.80. The Morgan fingerprint density at radius 2 is 2.14 bits per heavy atom. The van der Waals surface area contributed by atoms with E-state index in [4.69, 9.17) is 10.6 Å². The molecule has 5 nitrogen and oxygen atoms in total. The van der Waals surface area contributed by atoms with Crippen molar-refractivity contribution in [3.8, 4) is 0 Å². The fraction of sp³-hybridized carbons (Fsp3) is 0.462. The van der Waals surface area contributed by atoms with Crippen molar-refractivity contribution in [3.05, 3.63) is 29.3 Å². The van der Waals surface area contributed by atoms with Gasteiger partial charge in [0.25, 0.3) is 5.91 Å². The van der Waals surface area contributed by atoms with E-state index in [1.54, 1.807) is 6.92 Å². The zero-order valence-electron chi connectivity index (χ0n) is 11.4. The summed E-state index contributed by atoms with van der Waals surface area (Å²) in [4.78, 5) is 12.1. The minimum absolute atomic E-state index is 0.0746. The molecule has 0 radical (unpaired) electrons. The molecule has 8 heteroatoms. The number of carbonyl (C=O) groups is 1. The summed E-state index contributed by atoms with van der Waals surface area (Å²) in [6, 6.07) is 3.20. The highest BCUT2D eigenvalue weighted by molar-refractivity contribution is 5.95. The van der Waals surface area contributed by atoms with Crippen molar-refractivity contribution < 1.29 is 22.7 Å². The summed E-state index contributed by atoms with van der Waals surface area (Å²) in [5.41, 5.74) is 0.0833. The van der Waals surface area contributed by atoms with Crippen molar-refractivity contribution in [2.45, 2.75) is 25.1 Å². The molecule has 0 bridgehead atoms. The van der Waals surface area contributed by atoms with Crippen LogP contribution < -0.4 is 16.6 Å². The van der Waals surface area contributed by atoms with Crippen LogP contribution in [0.25, 0.3) is 0 Å². The molecule has 1 fully saturated rings. The van der Waals surface area contributed by atoms with Crippen LogP contribution in [0.15, 0.2) is 18.2 Å². The molecular weight excluding hydrogens is 287 g/mol. The van der Waals surface area contributed by atoms with E-state index >= 15 is 0 Å². The molecular formula is C13H16F3N3O2. The zero-order chi connectivity index (χ0) is 15.7. The smallest absolute Gasteiger partial charge is 0.379 e. The molecule has 1 aliphatic rings. The molecule has 1 unspecified atom stereocenters. The molecule has 1 aliphatic heterocycles. The van der Waals surface area contributed by atoms with Gasteiger partial charge in [-0.3, -0.25) is 10.6 Å². The van der Waals surface area contributed by atoms with Crippen LogP contribution >= 0.6 is 0 Å². The fourth-order valence-corrected chi connectivity index (χ4v) is 2.16. The van der Waals surface area contributed by atoms with Crippen LogP contribution in [0.5, 0.6) is 0 Å². The van der Waals surface area contributed by atoms with E-state index < -0.39 is 23.2 Å². The second kappa shape index (κ2) is 5.53. The number of anilines is 1. The Labute approximate surface area is 119 Å². The molecule has 21 heavy (non-hydrogen) atoms. The van der Waals surface area contributed by atoms with Crippen molar-refractivity contribution in [2.24, 2.45) is 5.84 Å². The molecule has 116 valence electrons. The number of halogens is 3. The molecule has 0 spiro atoms. The largest absolute Gasteiger partial charge is 0.418 e. The Balaban J connectivity index is 2.26. The number of alkyl halides is 3. The number of hydrogen-bond acceptors (Lipinski definition) is 4. The third-order valence-corrected chi connectivity index (χ3v) is 3.38. The van der Waals surface area contributed by atoms with Gasteiger partial charge in [0.05, 0.1) is 23.4 Å². The quantitative estimate of drug-likeness (QED) is 0.589. The van der Waals surface area contributed by atoms with Crippen LogP contribution in [-0.2, 0) is 10.9 Å². The van der Waals surface area contributed by atoms with Crippen LogP contribution in [0.1, 0.15) is 29.3 Å². The summed E-state index contributed by atoms with van der Waals surface area (Å²) >= 11 is 0. The first kappa shape index (κ1) is 15.6. The summed E-state index contributed by atoms with van der Waals surface area (Å²) in [6.45, 7) is 2.65.